The summed E-state index contributed by atoms with van der Waals surface area (Å²) in [5, 5.41) is 9.11. The lowest BCUT2D eigenvalue weighted by Gasteiger charge is -2.26. The number of esters is 1. The summed E-state index contributed by atoms with van der Waals surface area (Å²) in [6.07, 6.45) is 2.83. The van der Waals surface area contributed by atoms with Crippen molar-refractivity contribution < 1.29 is 14.6 Å². The van der Waals surface area contributed by atoms with E-state index in [4.69, 9.17) is 15.6 Å². The average Bonchev–Trinajstić information content (AvgIpc) is 2.20. The van der Waals surface area contributed by atoms with Gasteiger partial charge in [0.1, 0.15) is 6.10 Å². The summed E-state index contributed by atoms with van der Waals surface area (Å²) in [5.41, 5.74) is 5.15. The molecule has 0 aromatic rings. The molecule has 1 unspecified atom stereocenters. The normalized spacial score (nSPS) is 29.6. The van der Waals surface area contributed by atoms with Crippen LogP contribution in [0.5, 0.6) is 0 Å². The van der Waals surface area contributed by atoms with E-state index in [2.05, 4.69) is 6.92 Å². The van der Waals surface area contributed by atoms with Gasteiger partial charge >= 0.3 is 5.97 Å². The molecule has 1 aliphatic rings. The highest BCUT2D eigenvalue weighted by atomic mass is 16.6. The molecule has 0 amide bonds. The first kappa shape index (κ1) is 11.5. The van der Waals surface area contributed by atoms with E-state index >= 15 is 0 Å². The zero-order valence-corrected chi connectivity index (χ0v) is 8.61. The van der Waals surface area contributed by atoms with Gasteiger partial charge in [-0.25, -0.2) is 4.79 Å². The van der Waals surface area contributed by atoms with Gasteiger partial charge in [-0.2, -0.15) is 0 Å². The van der Waals surface area contributed by atoms with E-state index in [1.807, 2.05) is 0 Å². The number of nitrogens with two attached hydrogens (primary N) is 1. The average molecular weight is 201 g/mol. The van der Waals surface area contributed by atoms with Crippen LogP contribution in [0, 0.1) is 5.92 Å². The van der Waals surface area contributed by atoms with Gasteiger partial charge in [0, 0.05) is 6.54 Å². The van der Waals surface area contributed by atoms with Crippen molar-refractivity contribution in [2.45, 2.75) is 44.8 Å². The van der Waals surface area contributed by atoms with Crippen molar-refractivity contribution in [3.05, 3.63) is 0 Å². The third-order valence-corrected chi connectivity index (χ3v) is 2.74. The molecule has 82 valence electrons. The van der Waals surface area contributed by atoms with Gasteiger partial charge < -0.3 is 15.6 Å². The molecule has 0 bridgehead atoms. The zero-order valence-electron chi connectivity index (χ0n) is 8.61. The fourth-order valence-electron chi connectivity index (χ4n) is 1.69. The van der Waals surface area contributed by atoms with Gasteiger partial charge in [-0.3, -0.25) is 0 Å². The van der Waals surface area contributed by atoms with Crippen LogP contribution in [0.4, 0.5) is 0 Å². The lowest BCUT2D eigenvalue weighted by atomic mass is 9.89. The SMILES string of the molecule is CC1CCC(OC(=O)C(O)CN)CC1. The van der Waals surface area contributed by atoms with Crippen molar-refractivity contribution >= 4 is 5.97 Å². The van der Waals surface area contributed by atoms with Gasteiger partial charge in [0.15, 0.2) is 6.10 Å². The summed E-state index contributed by atoms with van der Waals surface area (Å²) in [7, 11) is 0. The molecule has 0 spiro atoms. The summed E-state index contributed by atoms with van der Waals surface area (Å²) in [6.45, 7) is 2.13. The number of hydrogen-bond donors (Lipinski definition) is 2. The standard InChI is InChI=1S/C10H19NO3/c1-7-2-4-8(5-3-7)14-10(13)9(12)6-11/h7-9,12H,2-6,11H2,1H3. The van der Waals surface area contributed by atoms with Crippen LogP contribution in [0.2, 0.25) is 0 Å². The maximum atomic E-state index is 11.2. The molecule has 1 aliphatic carbocycles. The van der Waals surface area contributed by atoms with Gasteiger partial charge in [0.2, 0.25) is 0 Å². The highest BCUT2D eigenvalue weighted by molar-refractivity contribution is 5.74. The van der Waals surface area contributed by atoms with Crippen LogP contribution in [0.25, 0.3) is 0 Å². The Hall–Kier alpha value is -0.610. The minimum Gasteiger partial charge on any atom is -0.460 e. The van der Waals surface area contributed by atoms with E-state index in [9.17, 15) is 4.79 Å². The molecule has 3 N–H and O–H groups in total. The molecule has 14 heavy (non-hydrogen) atoms. The molecular weight excluding hydrogens is 182 g/mol. The molecule has 0 saturated heterocycles. The summed E-state index contributed by atoms with van der Waals surface area (Å²) in [5.74, 6) is 0.149. The van der Waals surface area contributed by atoms with Crippen molar-refractivity contribution in [2.75, 3.05) is 6.54 Å². The van der Waals surface area contributed by atoms with E-state index in [1.165, 1.54) is 0 Å². The number of ether oxygens (including phenoxy) is 1. The zero-order chi connectivity index (χ0) is 10.6. The van der Waals surface area contributed by atoms with Crippen LogP contribution < -0.4 is 5.73 Å². The third kappa shape index (κ3) is 3.27. The van der Waals surface area contributed by atoms with E-state index in [0.717, 1.165) is 31.6 Å². The lowest BCUT2D eigenvalue weighted by Crippen LogP contribution is -2.34. The molecule has 1 fully saturated rings. The minimum absolute atomic E-state index is 0.0140. The second kappa shape index (κ2) is 5.32. The number of carbonyl (C=O) groups excluding carboxylic acids is 1. The van der Waals surface area contributed by atoms with Crippen LogP contribution >= 0.6 is 0 Å². The molecule has 1 rings (SSSR count). The minimum atomic E-state index is -1.16. The summed E-state index contributed by atoms with van der Waals surface area (Å²) < 4.78 is 5.12. The van der Waals surface area contributed by atoms with Crippen LogP contribution in [0.1, 0.15) is 32.6 Å². The Morgan fingerprint density at radius 2 is 2.07 bits per heavy atom. The number of aliphatic hydroxyl groups is 1. The Bertz CT molecular complexity index is 188. The van der Waals surface area contributed by atoms with Gasteiger partial charge in [0.25, 0.3) is 0 Å². The molecular formula is C10H19NO3. The van der Waals surface area contributed by atoms with Gasteiger partial charge in [-0.1, -0.05) is 6.92 Å². The first-order chi connectivity index (χ1) is 6.63. The predicted octanol–water partition coefficient (Wildman–Crippen LogP) is 0.428. The third-order valence-electron chi connectivity index (χ3n) is 2.74. The van der Waals surface area contributed by atoms with Crippen molar-refractivity contribution in [1.29, 1.82) is 0 Å². The number of aliphatic hydroxyl groups excluding tert-OH is 1. The highest BCUT2D eigenvalue weighted by Gasteiger charge is 2.24. The first-order valence-corrected chi connectivity index (χ1v) is 5.22. The molecule has 0 aliphatic heterocycles. The quantitative estimate of drug-likeness (QED) is 0.649. The lowest BCUT2D eigenvalue weighted by molar-refractivity contribution is -0.160. The molecule has 4 nitrogen and oxygen atoms in total. The monoisotopic (exact) mass is 201 g/mol. The number of hydrogen-bond acceptors (Lipinski definition) is 4. The second-order valence-electron chi connectivity index (χ2n) is 4.07. The number of rotatable bonds is 3. The Morgan fingerprint density at radius 1 is 1.50 bits per heavy atom. The fourth-order valence-corrected chi connectivity index (χ4v) is 1.69. The van der Waals surface area contributed by atoms with E-state index in [0.29, 0.717) is 0 Å². The predicted molar refractivity (Wildman–Crippen MR) is 52.6 cm³/mol. The van der Waals surface area contributed by atoms with Crippen molar-refractivity contribution in [2.24, 2.45) is 11.7 Å². The van der Waals surface area contributed by atoms with Crippen molar-refractivity contribution in [1.82, 2.24) is 0 Å². The molecule has 4 heteroatoms. The molecule has 0 heterocycles. The Balaban J connectivity index is 2.27. The summed E-state index contributed by atoms with van der Waals surface area (Å²) >= 11 is 0. The maximum absolute atomic E-state index is 11.2. The fraction of sp³-hybridized carbons (Fsp3) is 0.900. The molecule has 0 aromatic carbocycles. The van der Waals surface area contributed by atoms with Gasteiger partial charge in [-0.15, -0.1) is 0 Å². The molecule has 0 aromatic heterocycles. The first-order valence-electron chi connectivity index (χ1n) is 5.22. The topological polar surface area (TPSA) is 72.5 Å². The van der Waals surface area contributed by atoms with Crippen molar-refractivity contribution in [3.8, 4) is 0 Å². The summed E-state index contributed by atoms with van der Waals surface area (Å²) in [6, 6.07) is 0. The van der Waals surface area contributed by atoms with E-state index in [1.54, 1.807) is 0 Å². The summed E-state index contributed by atoms with van der Waals surface area (Å²) in [4.78, 5) is 11.2. The molecule has 0 radical (unpaired) electrons. The van der Waals surface area contributed by atoms with E-state index < -0.39 is 12.1 Å². The van der Waals surface area contributed by atoms with Gasteiger partial charge in [-0.05, 0) is 31.6 Å². The van der Waals surface area contributed by atoms with Crippen LogP contribution in [-0.4, -0.2) is 29.8 Å². The van der Waals surface area contributed by atoms with Crippen LogP contribution in [-0.2, 0) is 9.53 Å². The Labute approximate surface area is 84.4 Å². The van der Waals surface area contributed by atoms with Crippen LogP contribution in [0.3, 0.4) is 0 Å². The highest BCUT2D eigenvalue weighted by Crippen LogP contribution is 2.25. The number of carbonyl (C=O) groups is 1. The van der Waals surface area contributed by atoms with Crippen LogP contribution in [0.15, 0.2) is 0 Å². The maximum Gasteiger partial charge on any atom is 0.336 e. The Kier molecular flexibility index (Phi) is 4.35. The van der Waals surface area contributed by atoms with E-state index in [-0.39, 0.29) is 12.6 Å². The Morgan fingerprint density at radius 3 is 2.57 bits per heavy atom. The van der Waals surface area contributed by atoms with Crippen molar-refractivity contribution in [3.63, 3.8) is 0 Å². The largest absolute Gasteiger partial charge is 0.460 e. The van der Waals surface area contributed by atoms with Gasteiger partial charge in [0.05, 0.1) is 0 Å². The smallest absolute Gasteiger partial charge is 0.336 e. The molecule has 1 atom stereocenters. The molecule has 1 saturated carbocycles. The second-order valence-corrected chi connectivity index (χ2v) is 4.07.